The quantitative estimate of drug-likeness (QED) is 0.192. The fourth-order valence-electron chi connectivity index (χ4n) is 5.73. The molecule has 46 heavy (non-hydrogen) atoms. The SMILES string of the molecule is Cc1cccc(C)c1-c1cc(OC[C@@H](CC(C)(C)C)NCC2OCCCC2(C)C)nc(NS(=O)(=O)c2cccc(C(=O)O)c2)n1.Cl. The normalized spacial score (nSPS) is 17.1. The number of sulfonamides is 1. The van der Waals surface area contributed by atoms with Gasteiger partial charge in [-0.2, -0.15) is 4.98 Å². The van der Waals surface area contributed by atoms with Gasteiger partial charge in [0.1, 0.15) is 6.61 Å². The van der Waals surface area contributed by atoms with Crippen LogP contribution in [0.1, 0.15) is 75.4 Å². The van der Waals surface area contributed by atoms with E-state index in [0.717, 1.165) is 48.6 Å². The molecule has 2 aromatic carbocycles. The summed E-state index contributed by atoms with van der Waals surface area (Å²) < 4.78 is 41.5. The van der Waals surface area contributed by atoms with Crippen molar-refractivity contribution in [2.45, 2.75) is 84.8 Å². The maximum Gasteiger partial charge on any atom is 0.335 e. The Morgan fingerprint density at radius 3 is 2.41 bits per heavy atom. The number of nitrogens with zero attached hydrogens (tertiary/aromatic N) is 2. The molecule has 1 aliphatic heterocycles. The molecular formula is C34H47ClN4O6S. The summed E-state index contributed by atoms with van der Waals surface area (Å²) in [6.07, 6.45) is 3.09. The summed E-state index contributed by atoms with van der Waals surface area (Å²) in [5.74, 6) is -1.19. The van der Waals surface area contributed by atoms with Gasteiger partial charge >= 0.3 is 5.97 Å². The molecule has 2 heterocycles. The van der Waals surface area contributed by atoms with E-state index in [2.05, 4.69) is 54.6 Å². The van der Waals surface area contributed by atoms with Gasteiger partial charge in [0.15, 0.2) is 0 Å². The number of carboxylic acid groups (broad SMARTS) is 1. The lowest BCUT2D eigenvalue weighted by atomic mass is 9.80. The lowest BCUT2D eigenvalue weighted by molar-refractivity contribution is -0.0673. The average Bonchev–Trinajstić information content (AvgIpc) is 2.94. The standard InChI is InChI=1S/C34H46N4O6S.ClH/c1-22-11-8-12-23(2)30(22)27-18-29(37-32(36-27)38-45(41,42)26-14-9-13-24(17-26)31(39)40)44-21-25(19-33(3,4)5)35-20-28-34(6,7)15-10-16-43-28;/h8-9,11-14,17-18,25,28,35H,10,15-16,19-21H2,1-7H3,(H,39,40)(H,36,37,38);1H/t25-,28?;/m1./s1. The molecular weight excluding hydrogens is 628 g/mol. The van der Waals surface area contributed by atoms with Crippen LogP contribution >= 0.6 is 12.4 Å². The smallest absolute Gasteiger partial charge is 0.335 e. The van der Waals surface area contributed by atoms with Gasteiger partial charge in [0.2, 0.25) is 11.8 Å². The predicted molar refractivity (Wildman–Crippen MR) is 183 cm³/mol. The largest absolute Gasteiger partial charge is 0.478 e. The number of aromatic nitrogens is 2. The summed E-state index contributed by atoms with van der Waals surface area (Å²) in [4.78, 5) is 20.2. The van der Waals surface area contributed by atoms with Gasteiger partial charge in [0.05, 0.1) is 22.3 Å². The number of carbonyl (C=O) groups is 1. The molecule has 1 fully saturated rings. The number of halogens is 1. The van der Waals surface area contributed by atoms with Gasteiger partial charge in [-0.05, 0) is 73.3 Å². The Hall–Kier alpha value is -3.25. The third-order valence-electron chi connectivity index (χ3n) is 8.10. The van der Waals surface area contributed by atoms with Crippen molar-refractivity contribution in [3.63, 3.8) is 0 Å². The highest BCUT2D eigenvalue weighted by Crippen LogP contribution is 2.33. The van der Waals surface area contributed by atoms with Gasteiger partial charge in [0, 0.05) is 30.8 Å². The zero-order valence-corrected chi connectivity index (χ0v) is 29.3. The zero-order valence-electron chi connectivity index (χ0n) is 27.7. The second-order valence-electron chi connectivity index (χ2n) is 13.8. The molecule has 0 bridgehead atoms. The van der Waals surface area contributed by atoms with Crippen LogP contribution in [0.3, 0.4) is 0 Å². The van der Waals surface area contributed by atoms with Crippen molar-refractivity contribution in [2.24, 2.45) is 10.8 Å². The molecule has 10 nitrogen and oxygen atoms in total. The molecule has 4 rings (SSSR count). The van der Waals surface area contributed by atoms with Crippen molar-refractivity contribution in [2.75, 3.05) is 24.5 Å². The lowest BCUT2D eigenvalue weighted by Gasteiger charge is -2.39. The molecule has 1 unspecified atom stereocenters. The average molecular weight is 675 g/mol. The van der Waals surface area contributed by atoms with Crippen LogP contribution in [0.4, 0.5) is 5.95 Å². The Morgan fingerprint density at radius 2 is 1.78 bits per heavy atom. The number of carboxylic acids is 1. The Morgan fingerprint density at radius 1 is 1.11 bits per heavy atom. The molecule has 12 heteroatoms. The molecule has 0 radical (unpaired) electrons. The minimum absolute atomic E-state index is 0. The van der Waals surface area contributed by atoms with E-state index in [4.69, 9.17) is 9.47 Å². The number of benzene rings is 2. The third kappa shape index (κ3) is 9.87. The fourth-order valence-corrected chi connectivity index (χ4v) is 6.72. The second-order valence-corrected chi connectivity index (χ2v) is 15.4. The first-order valence-corrected chi connectivity index (χ1v) is 16.8. The van der Waals surface area contributed by atoms with Crippen molar-refractivity contribution < 1.29 is 27.8 Å². The highest BCUT2D eigenvalue weighted by molar-refractivity contribution is 7.92. The molecule has 1 aliphatic rings. The first kappa shape index (κ1) is 37.2. The number of rotatable bonds is 12. The molecule has 3 N–H and O–H groups in total. The molecule has 0 spiro atoms. The number of hydrogen-bond acceptors (Lipinski definition) is 8. The molecule has 1 saturated heterocycles. The van der Waals surface area contributed by atoms with Crippen molar-refractivity contribution in [3.05, 3.63) is 65.2 Å². The lowest BCUT2D eigenvalue weighted by Crippen LogP contribution is -2.48. The van der Waals surface area contributed by atoms with Crippen LogP contribution in [0.5, 0.6) is 5.88 Å². The predicted octanol–water partition coefficient (Wildman–Crippen LogP) is 6.66. The molecule has 3 aromatic rings. The van der Waals surface area contributed by atoms with E-state index in [-0.39, 0.29) is 57.7 Å². The molecule has 2 atom stereocenters. The van der Waals surface area contributed by atoms with E-state index >= 15 is 0 Å². The Labute approximate surface area is 279 Å². The van der Waals surface area contributed by atoms with Crippen LogP contribution < -0.4 is 14.8 Å². The summed E-state index contributed by atoms with van der Waals surface area (Å²) in [5, 5.41) is 13.0. The summed E-state index contributed by atoms with van der Waals surface area (Å²) >= 11 is 0. The number of ether oxygens (including phenoxy) is 2. The number of anilines is 1. The van der Waals surface area contributed by atoms with E-state index < -0.39 is 16.0 Å². The van der Waals surface area contributed by atoms with Crippen molar-refractivity contribution in [1.29, 1.82) is 0 Å². The molecule has 0 saturated carbocycles. The van der Waals surface area contributed by atoms with Crippen LogP contribution in [-0.2, 0) is 14.8 Å². The van der Waals surface area contributed by atoms with Gasteiger partial charge < -0.3 is 19.9 Å². The third-order valence-corrected chi connectivity index (χ3v) is 9.42. The highest BCUT2D eigenvalue weighted by Gasteiger charge is 2.34. The fraction of sp³-hybridized carbons (Fsp3) is 0.500. The minimum atomic E-state index is -4.21. The van der Waals surface area contributed by atoms with E-state index in [1.165, 1.54) is 18.2 Å². The van der Waals surface area contributed by atoms with Gasteiger partial charge in [-0.3, -0.25) is 0 Å². The van der Waals surface area contributed by atoms with E-state index in [1.54, 1.807) is 6.07 Å². The first-order chi connectivity index (χ1) is 21.0. The number of aryl methyl sites for hydroxylation is 2. The monoisotopic (exact) mass is 674 g/mol. The Balaban J connectivity index is 0.00000576. The van der Waals surface area contributed by atoms with Gasteiger partial charge in [-0.25, -0.2) is 22.9 Å². The highest BCUT2D eigenvalue weighted by atomic mass is 35.5. The number of aromatic carboxylic acids is 1. The van der Waals surface area contributed by atoms with E-state index in [0.29, 0.717) is 18.8 Å². The number of hydrogen-bond donors (Lipinski definition) is 3. The molecule has 252 valence electrons. The van der Waals surface area contributed by atoms with Crippen LogP contribution in [-0.4, -0.2) is 61.4 Å². The molecule has 0 aliphatic carbocycles. The summed E-state index contributed by atoms with van der Waals surface area (Å²) in [6, 6.07) is 12.7. The topological polar surface area (TPSA) is 140 Å². The minimum Gasteiger partial charge on any atom is -0.478 e. The number of nitrogens with one attached hydrogen (secondary N) is 2. The van der Waals surface area contributed by atoms with Crippen LogP contribution in [0.15, 0.2) is 53.4 Å². The molecule has 1 aromatic heterocycles. The van der Waals surface area contributed by atoms with Gasteiger partial charge in [0.25, 0.3) is 10.0 Å². The second kappa shape index (κ2) is 15.1. The van der Waals surface area contributed by atoms with E-state index in [9.17, 15) is 18.3 Å². The molecule has 0 amide bonds. The maximum absolute atomic E-state index is 13.3. The van der Waals surface area contributed by atoms with E-state index in [1.807, 2.05) is 32.0 Å². The summed E-state index contributed by atoms with van der Waals surface area (Å²) in [5.41, 5.74) is 3.22. The van der Waals surface area contributed by atoms with Gasteiger partial charge in [-0.15, -0.1) is 12.4 Å². The van der Waals surface area contributed by atoms with Crippen molar-refractivity contribution in [3.8, 4) is 17.1 Å². The van der Waals surface area contributed by atoms with Crippen LogP contribution in [0.25, 0.3) is 11.3 Å². The van der Waals surface area contributed by atoms with Crippen LogP contribution in [0, 0.1) is 24.7 Å². The van der Waals surface area contributed by atoms with Crippen LogP contribution in [0.2, 0.25) is 0 Å². The Kier molecular flexibility index (Phi) is 12.2. The Bertz CT molecular complexity index is 1600. The zero-order chi connectivity index (χ0) is 33.0. The first-order valence-electron chi connectivity index (χ1n) is 15.3. The van der Waals surface area contributed by atoms with Crippen molar-refractivity contribution >= 4 is 34.3 Å². The van der Waals surface area contributed by atoms with Crippen molar-refractivity contribution in [1.82, 2.24) is 15.3 Å². The summed E-state index contributed by atoms with van der Waals surface area (Å²) in [7, 11) is -4.21. The van der Waals surface area contributed by atoms with Gasteiger partial charge in [-0.1, -0.05) is 58.9 Å². The summed E-state index contributed by atoms with van der Waals surface area (Å²) in [6.45, 7) is 16.7. The maximum atomic E-state index is 13.3.